The van der Waals surface area contributed by atoms with Crippen molar-refractivity contribution in [3.63, 3.8) is 0 Å². The van der Waals surface area contributed by atoms with Crippen LogP contribution < -0.4 is 20.7 Å². The summed E-state index contributed by atoms with van der Waals surface area (Å²) in [6.45, 7) is 0.302. The summed E-state index contributed by atoms with van der Waals surface area (Å²) < 4.78 is 5.85. The number of nitrogen functional groups attached to an aromatic ring is 1. The molecule has 4 heterocycles. The fourth-order valence-corrected chi connectivity index (χ4v) is 5.65. The summed E-state index contributed by atoms with van der Waals surface area (Å²) in [6.07, 6.45) is 6.23. The molecule has 5 rings (SSSR count). The lowest BCUT2D eigenvalue weighted by molar-refractivity contribution is -0.689. The van der Waals surface area contributed by atoms with Gasteiger partial charge in [-0.15, -0.1) is 11.8 Å². The molecule has 0 aromatic carbocycles. The predicted octanol–water partition coefficient (Wildman–Crippen LogP) is -1.21. The minimum Gasteiger partial charge on any atom is -0.543 e. The summed E-state index contributed by atoms with van der Waals surface area (Å²) in [6, 6.07) is 4.57. The molecule has 3 aliphatic rings. The quantitative estimate of drug-likeness (QED) is 0.190. The highest BCUT2D eigenvalue weighted by molar-refractivity contribution is 8.00. The van der Waals surface area contributed by atoms with E-state index in [2.05, 4.69) is 19.8 Å². The first-order chi connectivity index (χ1) is 16.9. The molecule has 14 heteroatoms. The van der Waals surface area contributed by atoms with Gasteiger partial charge in [0, 0.05) is 35.0 Å². The van der Waals surface area contributed by atoms with Gasteiger partial charge in [0.15, 0.2) is 24.1 Å². The molecule has 0 radical (unpaired) electrons. The molecule has 182 valence electrons. The van der Waals surface area contributed by atoms with Gasteiger partial charge in [-0.1, -0.05) is 11.2 Å². The van der Waals surface area contributed by atoms with Gasteiger partial charge >= 0.3 is 0 Å². The van der Waals surface area contributed by atoms with Gasteiger partial charge in [0.2, 0.25) is 11.5 Å². The molecule has 2 aromatic heterocycles. The molecule has 0 spiro atoms. The van der Waals surface area contributed by atoms with Gasteiger partial charge in [0.1, 0.15) is 17.5 Å². The third-order valence-electron chi connectivity index (χ3n) is 5.89. The first kappa shape index (κ1) is 23.2. The molecule has 35 heavy (non-hydrogen) atoms. The second kappa shape index (κ2) is 9.62. The third kappa shape index (κ3) is 4.58. The van der Waals surface area contributed by atoms with E-state index in [1.54, 1.807) is 0 Å². The standard InChI is InChI=1S/C21H21N7O5S2/c22-21-24-16(26-35-21)13(25-33-12-5-4-6-12)17(29)23-14-18(30)28-15(20(31)32)11(10-34-19(14)28)9-27-7-2-1-3-8-27/h1-3,7-8,12,14,19H,4-6,9-10H2,(H3-,22,23,24,26,29,31,32)/t14-,19+/m1/s1. The maximum absolute atomic E-state index is 13.1. The lowest BCUT2D eigenvalue weighted by atomic mass is 9.97. The van der Waals surface area contributed by atoms with Crippen molar-refractivity contribution in [2.24, 2.45) is 5.16 Å². The molecule has 2 aromatic rings. The Kier molecular flexibility index (Phi) is 6.38. The molecule has 2 aliphatic heterocycles. The highest BCUT2D eigenvalue weighted by Crippen LogP contribution is 2.40. The number of nitrogens with two attached hydrogens (primary N) is 1. The Bertz CT molecular complexity index is 1230. The summed E-state index contributed by atoms with van der Waals surface area (Å²) >= 11 is 2.27. The minimum absolute atomic E-state index is 0.00161. The van der Waals surface area contributed by atoms with Crippen LogP contribution in [0.4, 0.5) is 5.13 Å². The number of carbonyl (C=O) groups excluding carboxylic acids is 3. The average Bonchev–Trinajstić information content (AvgIpc) is 3.24. The minimum atomic E-state index is -1.43. The molecule has 0 bridgehead atoms. The van der Waals surface area contributed by atoms with Gasteiger partial charge in [-0.3, -0.25) is 14.5 Å². The van der Waals surface area contributed by atoms with Crippen LogP contribution in [0, 0.1) is 0 Å². The number of amides is 2. The van der Waals surface area contributed by atoms with Gasteiger partial charge in [-0.05, 0) is 19.3 Å². The molecule has 1 saturated carbocycles. The Morgan fingerprint density at radius 3 is 2.71 bits per heavy atom. The van der Waals surface area contributed by atoms with E-state index in [9.17, 15) is 19.5 Å². The number of β-lactam (4-membered cyclic amide) rings is 1. The van der Waals surface area contributed by atoms with Crippen molar-refractivity contribution in [3.05, 3.63) is 47.7 Å². The molecule has 0 unspecified atom stereocenters. The summed E-state index contributed by atoms with van der Waals surface area (Å²) in [5, 5.41) is 18.1. The largest absolute Gasteiger partial charge is 0.543 e. The molecule has 3 N–H and O–H groups in total. The fourth-order valence-electron chi connectivity index (χ4n) is 3.88. The number of aliphatic carboxylic acids is 1. The van der Waals surface area contributed by atoms with E-state index in [0.717, 1.165) is 30.8 Å². The van der Waals surface area contributed by atoms with Crippen molar-refractivity contribution < 1.29 is 28.9 Å². The summed E-state index contributed by atoms with van der Waals surface area (Å²) in [5.74, 6) is -2.32. The lowest BCUT2D eigenvalue weighted by Crippen LogP contribution is -2.71. The van der Waals surface area contributed by atoms with Gasteiger partial charge in [-0.25, -0.2) is 4.57 Å². The number of thioether (sulfide) groups is 1. The zero-order chi connectivity index (χ0) is 24.5. The number of hydrogen-bond acceptors (Lipinski definition) is 11. The van der Waals surface area contributed by atoms with E-state index in [4.69, 9.17) is 10.6 Å². The third-order valence-corrected chi connectivity index (χ3v) is 7.77. The second-order valence-corrected chi connectivity index (χ2v) is 10.1. The molecule has 12 nitrogen and oxygen atoms in total. The molecule has 1 saturated heterocycles. The number of carboxylic acid groups (broad SMARTS) is 1. The van der Waals surface area contributed by atoms with Crippen molar-refractivity contribution in [1.82, 2.24) is 19.6 Å². The lowest BCUT2D eigenvalue weighted by Gasteiger charge is -2.50. The highest BCUT2D eigenvalue weighted by Gasteiger charge is 2.53. The van der Waals surface area contributed by atoms with Crippen molar-refractivity contribution in [3.8, 4) is 0 Å². The van der Waals surface area contributed by atoms with Crippen molar-refractivity contribution in [1.29, 1.82) is 0 Å². The second-order valence-electron chi connectivity index (χ2n) is 8.20. The van der Waals surface area contributed by atoms with Crippen LogP contribution in [0.1, 0.15) is 25.1 Å². The summed E-state index contributed by atoms with van der Waals surface area (Å²) in [5.41, 5.74) is 5.87. The van der Waals surface area contributed by atoms with Crippen LogP contribution in [0.2, 0.25) is 0 Å². The van der Waals surface area contributed by atoms with E-state index < -0.39 is 29.2 Å². The predicted molar refractivity (Wildman–Crippen MR) is 123 cm³/mol. The van der Waals surface area contributed by atoms with Gasteiger partial charge in [0.25, 0.3) is 11.8 Å². The number of nitrogens with zero attached hydrogens (tertiary/aromatic N) is 5. The maximum atomic E-state index is 13.1. The summed E-state index contributed by atoms with van der Waals surface area (Å²) in [7, 11) is 0. The number of nitrogens with one attached hydrogen (secondary N) is 1. The number of aromatic nitrogens is 3. The zero-order valence-electron chi connectivity index (χ0n) is 18.3. The molecule has 2 fully saturated rings. The number of anilines is 1. The number of oxime groups is 1. The number of rotatable bonds is 8. The Hall–Kier alpha value is -3.52. The molecular weight excluding hydrogens is 494 g/mol. The van der Waals surface area contributed by atoms with Crippen molar-refractivity contribution in [2.75, 3.05) is 11.5 Å². The SMILES string of the molecule is Nc1nc(C(=NOC2CCC2)C(=O)N[C@@H]2C(=O)N3C(C(=O)[O-])=C(C[n+]4ccccc4)CS[C@@H]23)ns1. The van der Waals surface area contributed by atoms with E-state index in [0.29, 0.717) is 17.9 Å². The number of carbonyl (C=O) groups is 3. The van der Waals surface area contributed by atoms with Crippen LogP contribution in [0.15, 0.2) is 47.0 Å². The monoisotopic (exact) mass is 515 g/mol. The number of pyridine rings is 1. The van der Waals surface area contributed by atoms with Crippen molar-refractivity contribution >= 4 is 51.9 Å². The number of fused-ring (bicyclic) bond motifs is 1. The van der Waals surface area contributed by atoms with Crippen LogP contribution in [-0.4, -0.2) is 61.0 Å². The van der Waals surface area contributed by atoms with E-state index in [1.807, 2.05) is 35.2 Å². The normalized spacial score (nSPS) is 22.2. The number of carboxylic acids is 1. The Balaban J connectivity index is 1.33. The molecular formula is C21H21N7O5S2. The molecule has 2 atom stereocenters. The average molecular weight is 516 g/mol. The van der Waals surface area contributed by atoms with E-state index >= 15 is 0 Å². The summed E-state index contributed by atoms with van der Waals surface area (Å²) in [4.78, 5) is 48.6. The van der Waals surface area contributed by atoms with Crippen LogP contribution in [0.25, 0.3) is 0 Å². The first-order valence-corrected chi connectivity index (χ1v) is 12.7. The van der Waals surface area contributed by atoms with E-state index in [-0.39, 0.29) is 28.5 Å². The van der Waals surface area contributed by atoms with Gasteiger partial charge in [0.05, 0.1) is 11.7 Å². The topological polar surface area (TPSA) is 167 Å². The first-order valence-electron chi connectivity index (χ1n) is 10.9. The van der Waals surface area contributed by atoms with Crippen molar-refractivity contribution in [2.45, 2.75) is 43.3 Å². The van der Waals surface area contributed by atoms with Crippen LogP contribution in [0.5, 0.6) is 0 Å². The van der Waals surface area contributed by atoms with Crippen LogP contribution >= 0.6 is 23.3 Å². The molecule has 1 aliphatic carbocycles. The van der Waals surface area contributed by atoms with E-state index in [1.165, 1.54) is 16.7 Å². The van der Waals surface area contributed by atoms with Gasteiger partial charge < -0.3 is 25.8 Å². The van der Waals surface area contributed by atoms with Crippen LogP contribution in [-0.2, 0) is 25.8 Å². The van der Waals surface area contributed by atoms with Gasteiger partial charge in [-0.2, -0.15) is 9.36 Å². The molecule has 2 amide bonds. The maximum Gasteiger partial charge on any atom is 0.278 e. The number of hydrogen-bond donors (Lipinski definition) is 2. The Morgan fingerprint density at radius 1 is 1.31 bits per heavy atom. The fraction of sp³-hybridized carbons (Fsp3) is 0.381. The smallest absolute Gasteiger partial charge is 0.278 e. The highest BCUT2D eigenvalue weighted by atomic mass is 32.2. The van der Waals surface area contributed by atoms with Crippen LogP contribution in [0.3, 0.4) is 0 Å². The Morgan fingerprint density at radius 2 is 2.09 bits per heavy atom. The Labute approximate surface area is 208 Å². The zero-order valence-corrected chi connectivity index (χ0v) is 20.0.